The minimum atomic E-state index is -1.27. The standard InChI is InChI=1S/C22H20F2N4O2S/c1-5-31-22-25-20-18(26-27-22)15-10-11(2)9-12(3)19(15)28(13(4)29)21(30-20)14-7-6-8-16(23)17(14)24/h6-10,21H,5H2,1-4H3. The van der Waals surface area contributed by atoms with E-state index in [-0.39, 0.29) is 11.4 Å². The number of amides is 1. The monoisotopic (exact) mass is 442 g/mol. The molecule has 0 saturated carbocycles. The lowest BCUT2D eigenvalue weighted by molar-refractivity contribution is -0.118. The first kappa shape index (κ1) is 21.2. The fourth-order valence-electron chi connectivity index (χ4n) is 3.71. The summed E-state index contributed by atoms with van der Waals surface area (Å²) in [5.41, 5.74) is 3.02. The summed E-state index contributed by atoms with van der Waals surface area (Å²) in [4.78, 5) is 18.6. The fourth-order valence-corrected chi connectivity index (χ4v) is 4.22. The van der Waals surface area contributed by atoms with Gasteiger partial charge >= 0.3 is 0 Å². The third kappa shape index (κ3) is 3.74. The lowest BCUT2D eigenvalue weighted by Crippen LogP contribution is -2.37. The van der Waals surface area contributed by atoms with Crippen LogP contribution in [0, 0.1) is 25.5 Å². The molecule has 3 aromatic rings. The van der Waals surface area contributed by atoms with Crippen molar-refractivity contribution in [3.8, 4) is 17.1 Å². The van der Waals surface area contributed by atoms with Crippen LogP contribution >= 0.6 is 11.8 Å². The molecule has 1 aliphatic rings. The second-order valence-corrected chi connectivity index (χ2v) is 8.39. The first-order chi connectivity index (χ1) is 14.8. The van der Waals surface area contributed by atoms with Crippen LogP contribution in [0.4, 0.5) is 14.5 Å². The van der Waals surface area contributed by atoms with Crippen molar-refractivity contribution in [2.45, 2.75) is 39.1 Å². The second-order valence-electron chi connectivity index (χ2n) is 7.16. The summed E-state index contributed by atoms with van der Waals surface area (Å²) in [5, 5.41) is 8.88. The highest BCUT2D eigenvalue weighted by Crippen LogP contribution is 2.45. The zero-order valence-electron chi connectivity index (χ0n) is 17.4. The number of hydrogen-bond donors (Lipinski definition) is 0. The van der Waals surface area contributed by atoms with E-state index in [2.05, 4.69) is 15.2 Å². The van der Waals surface area contributed by atoms with Crippen LogP contribution in [0.3, 0.4) is 0 Å². The van der Waals surface area contributed by atoms with Crippen LogP contribution in [0.1, 0.15) is 36.8 Å². The minimum absolute atomic E-state index is 0.106. The molecule has 1 unspecified atom stereocenters. The Hall–Kier alpha value is -3.07. The molecule has 6 nitrogen and oxygen atoms in total. The maximum atomic E-state index is 14.8. The number of benzene rings is 2. The maximum absolute atomic E-state index is 14.8. The number of carbonyl (C=O) groups is 1. The van der Waals surface area contributed by atoms with Crippen molar-refractivity contribution in [2.24, 2.45) is 0 Å². The lowest BCUT2D eigenvalue weighted by atomic mass is 10.00. The van der Waals surface area contributed by atoms with E-state index in [1.807, 2.05) is 32.9 Å². The van der Waals surface area contributed by atoms with E-state index < -0.39 is 23.8 Å². The van der Waals surface area contributed by atoms with Crippen molar-refractivity contribution in [1.82, 2.24) is 15.2 Å². The predicted molar refractivity (Wildman–Crippen MR) is 114 cm³/mol. The number of rotatable bonds is 3. The maximum Gasteiger partial charge on any atom is 0.247 e. The highest BCUT2D eigenvalue weighted by atomic mass is 32.2. The Morgan fingerprint density at radius 1 is 1.23 bits per heavy atom. The number of halogens is 2. The van der Waals surface area contributed by atoms with Crippen molar-refractivity contribution >= 4 is 23.4 Å². The second kappa shape index (κ2) is 8.22. The van der Waals surface area contributed by atoms with Gasteiger partial charge in [0.05, 0.1) is 11.3 Å². The summed E-state index contributed by atoms with van der Waals surface area (Å²) < 4.78 is 35.0. The van der Waals surface area contributed by atoms with Crippen LogP contribution in [0.15, 0.2) is 35.5 Å². The van der Waals surface area contributed by atoms with Gasteiger partial charge in [-0.05, 0) is 37.3 Å². The van der Waals surface area contributed by atoms with Crippen molar-refractivity contribution in [3.05, 3.63) is 58.7 Å². The van der Waals surface area contributed by atoms with Gasteiger partial charge in [-0.1, -0.05) is 42.4 Å². The molecule has 0 bridgehead atoms. The Morgan fingerprint density at radius 2 is 2.00 bits per heavy atom. The fraction of sp³-hybridized carbons (Fsp3) is 0.273. The molecule has 160 valence electrons. The molecule has 0 N–H and O–H groups in total. The lowest BCUT2D eigenvalue weighted by Gasteiger charge is -2.31. The van der Waals surface area contributed by atoms with Gasteiger partial charge in [-0.2, -0.15) is 4.98 Å². The van der Waals surface area contributed by atoms with Crippen LogP contribution in [-0.2, 0) is 4.79 Å². The van der Waals surface area contributed by atoms with Gasteiger partial charge < -0.3 is 4.74 Å². The summed E-state index contributed by atoms with van der Waals surface area (Å²) in [6, 6.07) is 7.54. The van der Waals surface area contributed by atoms with E-state index >= 15 is 0 Å². The van der Waals surface area contributed by atoms with E-state index in [1.54, 1.807) is 0 Å². The summed E-state index contributed by atoms with van der Waals surface area (Å²) in [6.45, 7) is 7.06. The van der Waals surface area contributed by atoms with Gasteiger partial charge in [-0.15, -0.1) is 10.2 Å². The Labute approximate surface area is 182 Å². The number of carbonyl (C=O) groups excluding carboxylic acids is 1. The van der Waals surface area contributed by atoms with Crippen LogP contribution in [0.2, 0.25) is 0 Å². The molecule has 2 heterocycles. The molecule has 1 aromatic heterocycles. The third-order valence-electron chi connectivity index (χ3n) is 4.89. The van der Waals surface area contributed by atoms with Gasteiger partial charge in [-0.3, -0.25) is 9.69 Å². The number of aryl methyl sites for hydroxylation is 2. The third-order valence-corrected chi connectivity index (χ3v) is 5.61. The molecule has 0 spiro atoms. The summed E-state index contributed by atoms with van der Waals surface area (Å²) in [6.07, 6.45) is -1.27. The van der Waals surface area contributed by atoms with Crippen molar-refractivity contribution in [1.29, 1.82) is 0 Å². The van der Waals surface area contributed by atoms with Crippen molar-refractivity contribution < 1.29 is 18.3 Å². The normalized spacial score (nSPS) is 15.0. The van der Waals surface area contributed by atoms with E-state index in [4.69, 9.17) is 4.74 Å². The van der Waals surface area contributed by atoms with Gasteiger partial charge in [0.25, 0.3) is 0 Å². The molecule has 0 fully saturated rings. The zero-order valence-corrected chi connectivity index (χ0v) is 18.3. The number of ether oxygens (including phenoxy) is 1. The van der Waals surface area contributed by atoms with Crippen LogP contribution < -0.4 is 9.64 Å². The number of nitrogens with zero attached hydrogens (tertiary/aromatic N) is 4. The van der Waals surface area contributed by atoms with Gasteiger partial charge in [0.15, 0.2) is 17.3 Å². The van der Waals surface area contributed by atoms with Crippen LogP contribution in [0.25, 0.3) is 11.3 Å². The Kier molecular flexibility index (Phi) is 5.62. The van der Waals surface area contributed by atoms with Crippen LogP contribution in [-0.4, -0.2) is 26.8 Å². The summed E-state index contributed by atoms with van der Waals surface area (Å²) >= 11 is 1.37. The Bertz CT molecular complexity index is 1190. The smallest absolute Gasteiger partial charge is 0.247 e. The Balaban J connectivity index is 2.05. The minimum Gasteiger partial charge on any atom is -0.447 e. The highest BCUT2D eigenvalue weighted by molar-refractivity contribution is 7.99. The topological polar surface area (TPSA) is 68.2 Å². The Morgan fingerprint density at radius 3 is 2.71 bits per heavy atom. The van der Waals surface area contributed by atoms with Gasteiger partial charge in [-0.25, -0.2) is 8.78 Å². The molecule has 0 saturated heterocycles. The largest absolute Gasteiger partial charge is 0.447 e. The van der Waals surface area contributed by atoms with E-state index in [0.29, 0.717) is 22.1 Å². The molecular formula is C22H20F2N4O2S. The molecule has 1 amide bonds. The molecule has 2 aromatic carbocycles. The van der Waals surface area contributed by atoms with Gasteiger partial charge in [0, 0.05) is 12.5 Å². The first-order valence-electron chi connectivity index (χ1n) is 9.71. The molecular weight excluding hydrogens is 422 g/mol. The van der Waals surface area contributed by atoms with E-state index in [0.717, 1.165) is 22.9 Å². The van der Waals surface area contributed by atoms with Crippen LogP contribution in [0.5, 0.6) is 5.88 Å². The number of fused-ring (bicyclic) bond motifs is 3. The van der Waals surface area contributed by atoms with Crippen molar-refractivity contribution in [2.75, 3.05) is 10.7 Å². The molecule has 31 heavy (non-hydrogen) atoms. The number of hydrogen-bond acceptors (Lipinski definition) is 6. The number of anilines is 1. The quantitative estimate of drug-likeness (QED) is 0.533. The molecule has 0 radical (unpaired) electrons. The summed E-state index contributed by atoms with van der Waals surface area (Å²) in [5.74, 6) is -1.69. The highest BCUT2D eigenvalue weighted by Gasteiger charge is 2.37. The number of thioether (sulfide) groups is 1. The van der Waals surface area contributed by atoms with E-state index in [1.165, 1.54) is 35.7 Å². The zero-order chi connectivity index (χ0) is 22.3. The number of aromatic nitrogens is 3. The molecule has 4 rings (SSSR count). The average Bonchev–Trinajstić information content (AvgIpc) is 2.85. The molecule has 9 heteroatoms. The van der Waals surface area contributed by atoms with Gasteiger partial charge in [0.2, 0.25) is 23.2 Å². The first-order valence-corrected chi connectivity index (χ1v) is 10.7. The predicted octanol–water partition coefficient (Wildman–Crippen LogP) is 4.99. The SMILES string of the molecule is CCSc1nnc2c(n1)OC(c1cccc(F)c1F)N(C(C)=O)c1c(C)cc(C)cc1-2. The summed E-state index contributed by atoms with van der Waals surface area (Å²) in [7, 11) is 0. The van der Waals surface area contributed by atoms with Crippen molar-refractivity contribution in [3.63, 3.8) is 0 Å². The van der Waals surface area contributed by atoms with Gasteiger partial charge in [0.1, 0.15) is 0 Å². The molecule has 1 atom stereocenters. The molecule has 0 aliphatic carbocycles. The average molecular weight is 442 g/mol. The van der Waals surface area contributed by atoms with E-state index in [9.17, 15) is 13.6 Å². The molecule has 1 aliphatic heterocycles.